The number of carbonyl (C=O) groups excluding carboxylic acids is 1. The van der Waals surface area contributed by atoms with Gasteiger partial charge in [-0.15, -0.1) is 0 Å². The van der Waals surface area contributed by atoms with E-state index in [2.05, 4.69) is 45.9 Å². The Hall–Kier alpha value is -2.37. The molecule has 5 nitrogen and oxygen atoms in total. The van der Waals surface area contributed by atoms with Gasteiger partial charge in [0.25, 0.3) is 0 Å². The lowest BCUT2D eigenvalue weighted by molar-refractivity contribution is -0.115. The molecule has 0 aliphatic carbocycles. The summed E-state index contributed by atoms with van der Waals surface area (Å²) in [4.78, 5) is 14.4. The van der Waals surface area contributed by atoms with Crippen LogP contribution in [0.2, 0.25) is 0 Å². The van der Waals surface area contributed by atoms with Crippen LogP contribution in [0.3, 0.4) is 0 Å². The minimum absolute atomic E-state index is 0.0500. The molecule has 2 aromatic rings. The topological polar surface area (TPSA) is 53.6 Å². The number of para-hydroxylation sites is 3. The van der Waals surface area contributed by atoms with E-state index in [0.717, 1.165) is 24.3 Å². The van der Waals surface area contributed by atoms with E-state index < -0.39 is 0 Å². The average Bonchev–Trinajstić information content (AvgIpc) is 3.03. The number of nitrogens with one attached hydrogen (secondary N) is 2. The van der Waals surface area contributed by atoms with E-state index in [-0.39, 0.29) is 12.5 Å². The number of benzene rings is 2. The Morgan fingerprint density at radius 3 is 2.71 bits per heavy atom. The Bertz CT molecular complexity index is 703. The van der Waals surface area contributed by atoms with Gasteiger partial charge in [-0.3, -0.25) is 4.79 Å². The van der Waals surface area contributed by atoms with Crippen molar-refractivity contribution < 1.29 is 9.53 Å². The van der Waals surface area contributed by atoms with E-state index in [0.29, 0.717) is 13.2 Å². The Morgan fingerprint density at radius 1 is 1.12 bits per heavy atom. The van der Waals surface area contributed by atoms with Crippen LogP contribution in [-0.2, 0) is 16.0 Å². The number of fused-ring (bicyclic) bond motifs is 1. The summed E-state index contributed by atoms with van der Waals surface area (Å²) in [6, 6.07) is 16.4. The molecule has 0 saturated heterocycles. The number of carbonyl (C=O) groups is 1. The highest BCUT2D eigenvalue weighted by molar-refractivity contribution is 5.96. The molecule has 3 rings (SSSR count). The zero-order valence-corrected chi connectivity index (χ0v) is 13.9. The molecule has 126 valence electrons. The maximum Gasteiger partial charge on any atom is 0.238 e. The number of rotatable bonds is 7. The zero-order chi connectivity index (χ0) is 16.8. The number of ether oxygens (including phenoxy) is 1. The Labute approximate surface area is 142 Å². The van der Waals surface area contributed by atoms with Crippen molar-refractivity contribution in [2.75, 3.05) is 43.6 Å². The predicted octanol–water partition coefficient (Wildman–Crippen LogP) is 2.56. The molecule has 0 bridgehead atoms. The molecular weight excluding hydrogens is 302 g/mol. The quantitative estimate of drug-likeness (QED) is 0.768. The summed E-state index contributed by atoms with van der Waals surface area (Å²) in [6.45, 7) is 2.45. The fraction of sp³-hybridized carbons (Fsp3) is 0.316. The first-order valence-electron chi connectivity index (χ1n) is 8.23. The van der Waals surface area contributed by atoms with Gasteiger partial charge in [0, 0.05) is 25.9 Å². The molecule has 0 unspecified atom stereocenters. The fourth-order valence-corrected chi connectivity index (χ4v) is 2.97. The van der Waals surface area contributed by atoms with Gasteiger partial charge in [0.1, 0.15) is 0 Å². The first kappa shape index (κ1) is 16.5. The molecule has 0 aromatic heterocycles. The number of hydrogen-bond donors (Lipinski definition) is 2. The first-order valence-corrected chi connectivity index (χ1v) is 8.23. The van der Waals surface area contributed by atoms with Gasteiger partial charge in [-0.05, 0) is 30.2 Å². The molecule has 2 N–H and O–H groups in total. The summed E-state index contributed by atoms with van der Waals surface area (Å²) in [7, 11) is 1.64. The van der Waals surface area contributed by atoms with Crippen LogP contribution in [-0.4, -0.2) is 39.3 Å². The highest BCUT2D eigenvalue weighted by Crippen LogP contribution is 2.37. The summed E-state index contributed by atoms with van der Waals surface area (Å²) in [6.07, 6.45) is 1.02. The van der Waals surface area contributed by atoms with Gasteiger partial charge >= 0.3 is 0 Å². The van der Waals surface area contributed by atoms with Crippen LogP contribution in [0, 0.1) is 0 Å². The molecule has 1 amide bonds. The monoisotopic (exact) mass is 325 g/mol. The SMILES string of the molecule is COCCNCC(=O)Nc1ccccc1N1CCc2ccccc21. The van der Waals surface area contributed by atoms with E-state index in [1.54, 1.807) is 7.11 Å². The molecule has 0 fully saturated rings. The van der Waals surface area contributed by atoms with Crippen molar-refractivity contribution in [3.8, 4) is 0 Å². The van der Waals surface area contributed by atoms with Gasteiger partial charge in [0.05, 0.1) is 24.5 Å². The highest BCUT2D eigenvalue weighted by Gasteiger charge is 2.22. The van der Waals surface area contributed by atoms with E-state index in [1.165, 1.54) is 11.3 Å². The predicted molar refractivity (Wildman–Crippen MR) is 97.0 cm³/mol. The summed E-state index contributed by atoms with van der Waals surface area (Å²) in [5.41, 5.74) is 4.44. The van der Waals surface area contributed by atoms with Gasteiger partial charge in [-0.2, -0.15) is 0 Å². The van der Waals surface area contributed by atoms with Gasteiger partial charge in [-0.25, -0.2) is 0 Å². The molecule has 2 aromatic carbocycles. The molecule has 0 atom stereocenters. The molecule has 1 heterocycles. The molecule has 1 aliphatic rings. The van der Waals surface area contributed by atoms with Crippen molar-refractivity contribution in [3.63, 3.8) is 0 Å². The third kappa shape index (κ3) is 3.75. The van der Waals surface area contributed by atoms with Crippen LogP contribution < -0.4 is 15.5 Å². The average molecular weight is 325 g/mol. The highest BCUT2D eigenvalue weighted by atomic mass is 16.5. The fourth-order valence-electron chi connectivity index (χ4n) is 2.97. The van der Waals surface area contributed by atoms with Crippen LogP contribution >= 0.6 is 0 Å². The largest absolute Gasteiger partial charge is 0.383 e. The number of nitrogens with zero attached hydrogens (tertiary/aromatic N) is 1. The van der Waals surface area contributed by atoms with Crippen LogP contribution in [0.25, 0.3) is 0 Å². The molecule has 5 heteroatoms. The van der Waals surface area contributed by atoms with E-state index in [4.69, 9.17) is 4.74 Å². The zero-order valence-electron chi connectivity index (χ0n) is 13.9. The van der Waals surface area contributed by atoms with Crippen molar-refractivity contribution >= 4 is 23.0 Å². The number of amides is 1. The lowest BCUT2D eigenvalue weighted by atomic mass is 10.2. The van der Waals surface area contributed by atoms with Crippen LogP contribution in [0.15, 0.2) is 48.5 Å². The van der Waals surface area contributed by atoms with E-state index in [9.17, 15) is 4.79 Å². The van der Waals surface area contributed by atoms with E-state index in [1.807, 2.05) is 18.2 Å². The van der Waals surface area contributed by atoms with Gasteiger partial charge in [0.15, 0.2) is 0 Å². The number of anilines is 3. The number of methoxy groups -OCH3 is 1. The van der Waals surface area contributed by atoms with Crippen LogP contribution in [0.5, 0.6) is 0 Å². The maximum atomic E-state index is 12.2. The second kappa shape index (κ2) is 7.95. The summed E-state index contributed by atoms with van der Waals surface area (Å²) >= 11 is 0. The summed E-state index contributed by atoms with van der Waals surface area (Å²) in [5, 5.41) is 6.07. The summed E-state index contributed by atoms with van der Waals surface area (Å²) < 4.78 is 4.96. The normalized spacial score (nSPS) is 13.0. The maximum absolute atomic E-state index is 12.2. The second-order valence-corrected chi connectivity index (χ2v) is 5.77. The number of hydrogen-bond acceptors (Lipinski definition) is 4. The molecule has 0 radical (unpaired) electrons. The molecule has 0 saturated carbocycles. The van der Waals surface area contributed by atoms with Crippen LogP contribution in [0.1, 0.15) is 5.56 Å². The molecule has 1 aliphatic heterocycles. The molecular formula is C19H23N3O2. The van der Waals surface area contributed by atoms with Gasteiger partial charge in [0.2, 0.25) is 5.91 Å². The van der Waals surface area contributed by atoms with Crippen molar-refractivity contribution in [3.05, 3.63) is 54.1 Å². The standard InChI is InChI=1S/C19H23N3O2/c1-24-13-11-20-14-19(23)21-16-7-3-5-9-18(16)22-12-10-15-6-2-4-8-17(15)22/h2-9,20H,10-14H2,1H3,(H,21,23). The third-order valence-electron chi connectivity index (χ3n) is 4.12. The van der Waals surface area contributed by atoms with Crippen molar-refractivity contribution in [2.45, 2.75) is 6.42 Å². The Kier molecular flexibility index (Phi) is 5.46. The lowest BCUT2D eigenvalue weighted by Gasteiger charge is -2.23. The smallest absolute Gasteiger partial charge is 0.238 e. The van der Waals surface area contributed by atoms with Gasteiger partial charge in [-0.1, -0.05) is 30.3 Å². The molecule has 24 heavy (non-hydrogen) atoms. The van der Waals surface area contributed by atoms with Crippen molar-refractivity contribution in [1.82, 2.24) is 5.32 Å². The second-order valence-electron chi connectivity index (χ2n) is 5.77. The minimum atomic E-state index is -0.0500. The van der Waals surface area contributed by atoms with E-state index >= 15 is 0 Å². The van der Waals surface area contributed by atoms with Crippen molar-refractivity contribution in [1.29, 1.82) is 0 Å². The van der Waals surface area contributed by atoms with Crippen LogP contribution in [0.4, 0.5) is 17.1 Å². The third-order valence-corrected chi connectivity index (χ3v) is 4.12. The minimum Gasteiger partial charge on any atom is -0.383 e. The Balaban J connectivity index is 1.71. The summed E-state index contributed by atoms with van der Waals surface area (Å²) in [5.74, 6) is -0.0500. The first-order chi connectivity index (χ1) is 11.8. The Morgan fingerprint density at radius 2 is 1.88 bits per heavy atom. The van der Waals surface area contributed by atoms with Crippen molar-refractivity contribution in [2.24, 2.45) is 0 Å². The molecule has 0 spiro atoms. The van der Waals surface area contributed by atoms with Gasteiger partial charge < -0.3 is 20.3 Å². The lowest BCUT2D eigenvalue weighted by Crippen LogP contribution is -2.30.